The molecule has 2 fully saturated rings. The Bertz CT molecular complexity index is 300. The van der Waals surface area contributed by atoms with Crippen molar-refractivity contribution in [2.75, 3.05) is 40.3 Å². The molecule has 4 heteroatoms. The lowest BCUT2D eigenvalue weighted by molar-refractivity contribution is -0.138. The van der Waals surface area contributed by atoms with Gasteiger partial charge in [-0.2, -0.15) is 0 Å². The lowest BCUT2D eigenvalue weighted by Crippen LogP contribution is -2.46. The van der Waals surface area contributed by atoms with Crippen LogP contribution in [0, 0.1) is 11.8 Å². The first-order valence-electron chi connectivity index (χ1n) is 7.75. The number of rotatable bonds is 5. The molecule has 4 nitrogen and oxygen atoms in total. The van der Waals surface area contributed by atoms with Crippen LogP contribution in [0.4, 0.5) is 0 Å². The lowest BCUT2D eigenvalue weighted by Gasteiger charge is -2.33. The molecule has 1 aliphatic heterocycles. The molecule has 2 atom stereocenters. The second kappa shape index (κ2) is 6.71. The van der Waals surface area contributed by atoms with Crippen LogP contribution in [0.3, 0.4) is 0 Å². The average Bonchev–Trinajstić information content (AvgIpc) is 3.00. The monoisotopic (exact) mass is 267 g/mol. The Hall–Kier alpha value is -0.610. The molecule has 0 bridgehead atoms. The summed E-state index contributed by atoms with van der Waals surface area (Å²) in [5.74, 6) is 1.07. The van der Waals surface area contributed by atoms with Crippen molar-refractivity contribution in [2.24, 2.45) is 11.8 Å². The van der Waals surface area contributed by atoms with Crippen molar-refractivity contribution < 1.29 is 4.79 Å². The highest BCUT2D eigenvalue weighted by Gasteiger charge is 2.36. The highest BCUT2D eigenvalue weighted by Crippen LogP contribution is 2.27. The summed E-state index contributed by atoms with van der Waals surface area (Å²) in [5, 5.41) is 3.36. The van der Waals surface area contributed by atoms with Crippen LogP contribution < -0.4 is 5.32 Å². The Labute approximate surface area is 117 Å². The molecule has 0 aromatic heterocycles. The highest BCUT2D eigenvalue weighted by atomic mass is 16.2. The van der Waals surface area contributed by atoms with E-state index in [1.165, 1.54) is 25.7 Å². The van der Waals surface area contributed by atoms with Crippen LogP contribution >= 0.6 is 0 Å². The van der Waals surface area contributed by atoms with Gasteiger partial charge in [-0.25, -0.2) is 0 Å². The third kappa shape index (κ3) is 3.69. The van der Waals surface area contributed by atoms with E-state index in [0.29, 0.717) is 17.9 Å². The first-order chi connectivity index (χ1) is 9.09. The van der Waals surface area contributed by atoms with Gasteiger partial charge in [0.25, 0.3) is 0 Å². The zero-order valence-electron chi connectivity index (χ0n) is 12.7. The Balaban J connectivity index is 2.00. The Kier molecular flexibility index (Phi) is 5.22. The number of nitrogens with zero attached hydrogens (tertiary/aromatic N) is 2. The lowest BCUT2D eigenvalue weighted by atomic mass is 9.95. The smallest absolute Gasteiger partial charge is 0.227 e. The summed E-state index contributed by atoms with van der Waals surface area (Å²) >= 11 is 0. The van der Waals surface area contributed by atoms with E-state index < -0.39 is 0 Å². The SMILES string of the molecule is C[C@@H]1CNC[C@H]1C(=O)N(CCN(C)C)C1CCCC1. The molecule has 19 heavy (non-hydrogen) atoms. The van der Waals surface area contributed by atoms with Crippen LogP contribution in [-0.2, 0) is 4.79 Å². The average molecular weight is 267 g/mol. The zero-order valence-corrected chi connectivity index (χ0v) is 12.7. The van der Waals surface area contributed by atoms with Gasteiger partial charge < -0.3 is 15.1 Å². The van der Waals surface area contributed by atoms with Crippen LogP contribution in [0.15, 0.2) is 0 Å². The molecule has 1 saturated carbocycles. The Morgan fingerprint density at radius 2 is 1.84 bits per heavy atom. The van der Waals surface area contributed by atoms with Gasteiger partial charge in [0.05, 0.1) is 5.92 Å². The van der Waals surface area contributed by atoms with E-state index in [0.717, 1.165) is 26.2 Å². The molecule has 0 unspecified atom stereocenters. The van der Waals surface area contributed by atoms with Crippen molar-refractivity contribution in [3.8, 4) is 0 Å². The summed E-state index contributed by atoms with van der Waals surface area (Å²) in [6, 6.07) is 0.500. The Morgan fingerprint density at radius 3 is 2.37 bits per heavy atom. The maximum atomic E-state index is 12.8. The topological polar surface area (TPSA) is 35.6 Å². The standard InChI is InChI=1S/C15H29N3O/c1-12-10-16-11-14(12)15(19)18(9-8-17(2)3)13-6-4-5-7-13/h12-14,16H,4-11H2,1-3H3/t12-,14-/m1/s1. The summed E-state index contributed by atoms with van der Waals surface area (Å²) in [5.41, 5.74) is 0. The fourth-order valence-corrected chi connectivity index (χ4v) is 3.35. The number of hydrogen-bond acceptors (Lipinski definition) is 3. The number of amides is 1. The van der Waals surface area contributed by atoms with Crippen molar-refractivity contribution in [1.29, 1.82) is 0 Å². The quantitative estimate of drug-likeness (QED) is 0.812. The fraction of sp³-hybridized carbons (Fsp3) is 0.933. The van der Waals surface area contributed by atoms with E-state index in [1.807, 2.05) is 0 Å². The van der Waals surface area contributed by atoms with Crippen LogP contribution in [0.1, 0.15) is 32.6 Å². The number of hydrogen-bond donors (Lipinski definition) is 1. The second-order valence-corrected chi connectivity index (χ2v) is 6.52. The molecule has 0 aromatic carbocycles. The molecular formula is C15H29N3O. The van der Waals surface area contributed by atoms with Gasteiger partial charge in [-0.1, -0.05) is 19.8 Å². The second-order valence-electron chi connectivity index (χ2n) is 6.52. The molecule has 1 saturated heterocycles. The van der Waals surface area contributed by atoms with Crippen LogP contribution in [-0.4, -0.2) is 62.0 Å². The van der Waals surface area contributed by atoms with Crippen LogP contribution in [0.5, 0.6) is 0 Å². The molecule has 2 rings (SSSR count). The summed E-state index contributed by atoms with van der Waals surface area (Å²) in [7, 11) is 4.16. The number of likely N-dealkylation sites (N-methyl/N-ethyl adjacent to an activating group) is 1. The molecular weight excluding hydrogens is 238 g/mol. The van der Waals surface area contributed by atoms with E-state index in [-0.39, 0.29) is 5.92 Å². The van der Waals surface area contributed by atoms with E-state index in [9.17, 15) is 4.79 Å². The number of carbonyl (C=O) groups excluding carboxylic acids is 1. The molecule has 1 amide bonds. The first kappa shape index (κ1) is 14.8. The van der Waals surface area contributed by atoms with Gasteiger partial charge in [-0.15, -0.1) is 0 Å². The van der Waals surface area contributed by atoms with E-state index in [2.05, 4.69) is 36.1 Å². The molecule has 1 heterocycles. The van der Waals surface area contributed by atoms with Gasteiger partial charge in [0.15, 0.2) is 0 Å². The van der Waals surface area contributed by atoms with Gasteiger partial charge in [-0.3, -0.25) is 4.79 Å². The minimum absolute atomic E-state index is 0.197. The summed E-state index contributed by atoms with van der Waals surface area (Å²) in [4.78, 5) is 17.2. The third-order valence-electron chi connectivity index (χ3n) is 4.67. The molecule has 2 aliphatic rings. The van der Waals surface area contributed by atoms with Gasteiger partial charge in [0.1, 0.15) is 0 Å². The van der Waals surface area contributed by atoms with Crippen molar-refractivity contribution in [2.45, 2.75) is 38.6 Å². The molecule has 110 valence electrons. The summed E-state index contributed by atoms with van der Waals surface area (Å²) < 4.78 is 0. The summed E-state index contributed by atoms with van der Waals surface area (Å²) in [6.07, 6.45) is 4.98. The minimum atomic E-state index is 0.197. The predicted octanol–water partition coefficient (Wildman–Crippen LogP) is 1.17. The number of nitrogens with one attached hydrogen (secondary N) is 1. The van der Waals surface area contributed by atoms with Crippen molar-refractivity contribution in [3.05, 3.63) is 0 Å². The minimum Gasteiger partial charge on any atom is -0.338 e. The van der Waals surface area contributed by atoms with E-state index >= 15 is 0 Å². The van der Waals surface area contributed by atoms with Gasteiger partial charge in [0, 0.05) is 25.7 Å². The van der Waals surface area contributed by atoms with E-state index in [1.54, 1.807) is 0 Å². The molecule has 1 N–H and O–H groups in total. The van der Waals surface area contributed by atoms with Crippen molar-refractivity contribution in [1.82, 2.24) is 15.1 Å². The van der Waals surface area contributed by atoms with Crippen LogP contribution in [0.25, 0.3) is 0 Å². The fourth-order valence-electron chi connectivity index (χ4n) is 3.35. The van der Waals surface area contributed by atoms with Crippen LogP contribution in [0.2, 0.25) is 0 Å². The maximum Gasteiger partial charge on any atom is 0.227 e. The van der Waals surface area contributed by atoms with Gasteiger partial charge >= 0.3 is 0 Å². The zero-order chi connectivity index (χ0) is 13.8. The Morgan fingerprint density at radius 1 is 1.16 bits per heavy atom. The normalized spacial score (nSPS) is 28.2. The third-order valence-corrected chi connectivity index (χ3v) is 4.67. The predicted molar refractivity (Wildman–Crippen MR) is 78.0 cm³/mol. The molecule has 0 aromatic rings. The largest absolute Gasteiger partial charge is 0.338 e. The van der Waals surface area contributed by atoms with Crippen molar-refractivity contribution in [3.63, 3.8) is 0 Å². The van der Waals surface area contributed by atoms with Gasteiger partial charge in [-0.05, 0) is 39.4 Å². The summed E-state index contributed by atoms with van der Waals surface area (Å²) in [6.45, 7) is 5.91. The van der Waals surface area contributed by atoms with Gasteiger partial charge in [0.2, 0.25) is 5.91 Å². The first-order valence-corrected chi connectivity index (χ1v) is 7.75. The molecule has 0 spiro atoms. The highest BCUT2D eigenvalue weighted by molar-refractivity contribution is 5.80. The molecule has 1 aliphatic carbocycles. The maximum absolute atomic E-state index is 12.8. The molecule has 0 radical (unpaired) electrons. The number of carbonyl (C=O) groups is 1. The van der Waals surface area contributed by atoms with Crippen molar-refractivity contribution >= 4 is 5.91 Å². The van der Waals surface area contributed by atoms with E-state index in [4.69, 9.17) is 0 Å².